The molecule has 0 saturated carbocycles. The highest BCUT2D eigenvalue weighted by molar-refractivity contribution is 6.32. The third-order valence-electron chi connectivity index (χ3n) is 3.19. The van der Waals surface area contributed by atoms with Gasteiger partial charge in [-0.2, -0.15) is 0 Å². The van der Waals surface area contributed by atoms with Crippen LogP contribution < -0.4 is 10.1 Å². The van der Waals surface area contributed by atoms with Crippen LogP contribution in [0.4, 0.5) is 11.4 Å². The van der Waals surface area contributed by atoms with E-state index < -0.39 is 23.4 Å². The first kappa shape index (κ1) is 19.0. The summed E-state index contributed by atoms with van der Waals surface area (Å²) in [5, 5.41) is 22.8. The van der Waals surface area contributed by atoms with E-state index >= 15 is 0 Å². The number of carbonyl (C=O) groups excluding carboxylic acids is 2. The first-order valence-corrected chi connectivity index (χ1v) is 7.47. The lowest BCUT2D eigenvalue weighted by Crippen LogP contribution is -2.21. The van der Waals surface area contributed by atoms with E-state index in [4.69, 9.17) is 21.1 Å². The van der Waals surface area contributed by atoms with Crippen molar-refractivity contribution >= 4 is 34.9 Å². The van der Waals surface area contributed by atoms with Gasteiger partial charge in [0.15, 0.2) is 6.61 Å². The molecule has 0 aromatic heterocycles. The van der Waals surface area contributed by atoms with Gasteiger partial charge in [0.1, 0.15) is 22.1 Å². The van der Waals surface area contributed by atoms with Crippen LogP contribution in [-0.4, -0.2) is 35.6 Å². The normalized spacial score (nSPS) is 10.1. The van der Waals surface area contributed by atoms with Gasteiger partial charge < -0.3 is 19.9 Å². The highest BCUT2D eigenvalue weighted by atomic mass is 35.5. The number of benzene rings is 2. The predicted octanol–water partition coefficient (Wildman–Crippen LogP) is 2.76. The summed E-state index contributed by atoms with van der Waals surface area (Å²) in [6.07, 6.45) is 0. The summed E-state index contributed by atoms with van der Waals surface area (Å²) < 4.78 is 9.70. The smallest absolute Gasteiger partial charge is 0.342 e. The molecule has 0 aliphatic rings. The molecule has 1 amide bonds. The molecule has 26 heavy (non-hydrogen) atoms. The van der Waals surface area contributed by atoms with E-state index in [1.807, 2.05) is 0 Å². The fraction of sp³-hybridized carbons (Fsp3) is 0.125. The van der Waals surface area contributed by atoms with Crippen molar-refractivity contribution in [1.82, 2.24) is 0 Å². The molecular formula is C16H13ClN2O7. The highest BCUT2D eigenvalue weighted by Crippen LogP contribution is 2.27. The third-order valence-corrected chi connectivity index (χ3v) is 3.51. The van der Waals surface area contributed by atoms with Gasteiger partial charge in [-0.05, 0) is 24.3 Å². The van der Waals surface area contributed by atoms with Crippen molar-refractivity contribution < 1.29 is 29.1 Å². The van der Waals surface area contributed by atoms with Gasteiger partial charge in [-0.25, -0.2) is 4.79 Å². The van der Waals surface area contributed by atoms with Crippen LogP contribution in [0, 0.1) is 10.1 Å². The van der Waals surface area contributed by atoms with E-state index in [1.165, 1.54) is 37.4 Å². The van der Waals surface area contributed by atoms with Gasteiger partial charge in [0.05, 0.1) is 12.0 Å². The second kappa shape index (κ2) is 8.17. The largest absolute Gasteiger partial charge is 0.507 e. The van der Waals surface area contributed by atoms with Gasteiger partial charge >= 0.3 is 5.97 Å². The number of nitrogens with one attached hydrogen (secondary N) is 1. The van der Waals surface area contributed by atoms with E-state index in [-0.39, 0.29) is 27.7 Å². The fourth-order valence-corrected chi connectivity index (χ4v) is 2.13. The minimum Gasteiger partial charge on any atom is -0.507 e. The molecule has 0 unspecified atom stereocenters. The minimum atomic E-state index is -0.914. The Bertz CT molecular complexity index is 870. The summed E-state index contributed by atoms with van der Waals surface area (Å²) >= 11 is 5.68. The molecule has 2 rings (SSSR count). The average Bonchev–Trinajstić information content (AvgIpc) is 2.60. The Hall–Kier alpha value is -3.33. The summed E-state index contributed by atoms with van der Waals surface area (Å²) in [5.41, 5.74) is -0.389. The number of aromatic hydroxyl groups is 1. The quantitative estimate of drug-likeness (QED) is 0.448. The molecule has 0 saturated heterocycles. The Kier molecular flexibility index (Phi) is 5.97. The highest BCUT2D eigenvalue weighted by Gasteiger charge is 2.17. The van der Waals surface area contributed by atoms with Crippen LogP contribution >= 0.6 is 11.6 Å². The van der Waals surface area contributed by atoms with Crippen molar-refractivity contribution in [3.05, 3.63) is 57.1 Å². The number of nitro benzene ring substituents is 1. The maximum Gasteiger partial charge on any atom is 0.342 e. The maximum absolute atomic E-state index is 11.9. The number of halogens is 1. The maximum atomic E-state index is 11.9. The van der Waals surface area contributed by atoms with Gasteiger partial charge in [-0.15, -0.1) is 0 Å². The predicted molar refractivity (Wildman–Crippen MR) is 91.7 cm³/mol. The molecule has 2 aromatic carbocycles. The molecule has 2 aromatic rings. The lowest BCUT2D eigenvalue weighted by Gasteiger charge is -2.08. The number of nitro groups is 1. The zero-order chi connectivity index (χ0) is 19.3. The Morgan fingerprint density at radius 3 is 2.62 bits per heavy atom. The molecule has 0 fully saturated rings. The van der Waals surface area contributed by atoms with E-state index in [2.05, 4.69) is 5.32 Å². The van der Waals surface area contributed by atoms with Crippen LogP contribution in [0.25, 0.3) is 0 Å². The van der Waals surface area contributed by atoms with E-state index in [0.29, 0.717) is 5.75 Å². The number of hydrogen-bond donors (Lipinski definition) is 2. The number of methoxy groups -OCH3 is 1. The number of hydrogen-bond acceptors (Lipinski definition) is 7. The van der Waals surface area contributed by atoms with Crippen molar-refractivity contribution in [2.45, 2.75) is 0 Å². The standard InChI is InChI=1S/C16H13ClN2O7/c1-25-10-3-4-11(14(20)7-10)16(22)26-8-15(21)18-9-2-5-12(17)13(6-9)19(23)24/h2-7,20H,8H2,1H3,(H,18,21). The second-order valence-electron chi connectivity index (χ2n) is 4.93. The van der Waals surface area contributed by atoms with Crippen LogP contribution in [-0.2, 0) is 9.53 Å². The summed E-state index contributed by atoms with van der Waals surface area (Å²) in [6.45, 7) is -0.652. The average molecular weight is 381 g/mol. The SMILES string of the molecule is COc1ccc(C(=O)OCC(=O)Nc2ccc(Cl)c([N+](=O)[O-])c2)c(O)c1. The molecule has 0 aliphatic carbocycles. The van der Waals surface area contributed by atoms with Crippen LogP contribution in [0.5, 0.6) is 11.5 Å². The molecule has 0 heterocycles. The molecule has 9 nitrogen and oxygen atoms in total. The van der Waals surface area contributed by atoms with Gasteiger partial charge in [-0.1, -0.05) is 11.6 Å². The molecule has 0 spiro atoms. The van der Waals surface area contributed by atoms with Crippen molar-refractivity contribution in [1.29, 1.82) is 0 Å². The Morgan fingerprint density at radius 1 is 1.27 bits per heavy atom. The zero-order valence-electron chi connectivity index (χ0n) is 13.4. The fourth-order valence-electron chi connectivity index (χ4n) is 1.95. The number of esters is 1. The second-order valence-corrected chi connectivity index (χ2v) is 5.34. The number of amides is 1. The van der Waals surface area contributed by atoms with Crippen LogP contribution in [0.15, 0.2) is 36.4 Å². The molecule has 0 radical (unpaired) electrons. The molecular weight excluding hydrogens is 368 g/mol. The molecule has 2 N–H and O–H groups in total. The molecule has 0 aliphatic heterocycles. The lowest BCUT2D eigenvalue weighted by molar-refractivity contribution is -0.384. The first-order valence-electron chi connectivity index (χ1n) is 7.09. The zero-order valence-corrected chi connectivity index (χ0v) is 14.1. The summed E-state index contributed by atoms with van der Waals surface area (Å²) in [5.74, 6) is -1.64. The van der Waals surface area contributed by atoms with E-state index in [0.717, 1.165) is 6.07 Å². The van der Waals surface area contributed by atoms with Crippen LogP contribution in [0.1, 0.15) is 10.4 Å². The van der Waals surface area contributed by atoms with Crippen molar-refractivity contribution in [3.63, 3.8) is 0 Å². The van der Waals surface area contributed by atoms with E-state index in [9.17, 15) is 24.8 Å². The lowest BCUT2D eigenvalue weighted by atomic mass is 10.2. The number of anilines is 1. The monoisotopic (exact) mass is 380 g/mol. The van der Waals surface area contributed by atoms with Gasteiger partial charge in [0.25, 0.3) is 11.6 Å². The summed E-state index contributed by atoms with van der Waals surface area (Å²) in [4.78, 5) is 33.9. The van der Waals surface area contributed by atoms with E-state index in [1.54, 1.807) is 0 Å². The molecule has 136 valence electrons. The van der Waals surface area contributed by atoms with Gasteiger partial charge in [-0.3, -0.25) is 14.9 Å². The van der Waals surface area contributed by atoms with Crippen LogP contribution in [0.3, 0.4) is 0 Å². The first-order chi connectivity index (χ1) is 12.3. The summed E-state index contributed by atoms with van der Waals surface area (Å²) in [6, 6.07) is 7.67. The Labute approximate surface area is 152 Å². The molecule has 10 heteroatoms. The third kappa shape index (κ3) is 4.61. The Morgan fingerprint density at radius 2 is 2.00 bits per heavy atom. The minimum absolute atomic E-state index is 0.0746. The number of ether oxygens (including phenoxy) is 2. The van der Waals surface area contributed by atoms with Gasteiger partial charge in [0, 0.05) is 17.8 Å². The Balaban J connectivity index is 1.97. The number of phenolic OH excluding ortho intramolecular Hbond substituents is 1. The number of phenols is 1. The van der Waals surface area contributed by atoms with Crippen molar-refractivity contribution in [2.75, 3.05) is 19.0 Å². The topological polar surface area (TPSA) is 128 Å². The molecule has 0 atom stereocenters. The van der Waals surface area contributed by atoms with Crippen molar-refractivity contribution in [3.8, 4) is 11.5 Å². The number of carbonyl (C=O) groups is 2. The number of rotatable bonds is 6. The molecule has 0 bridgehead atoms. The van der Waals surface area contributed by atoms with Crippen LogP contribution in [0.2, 0.25) is 5.02 Å². The van der Waals surface area contributed by atoms with Crippen molar-refractivity contribution in [2.24, 2.45) is 0 Å². The number of nitrogens with zero attached hydrogens (tertiary/aromatic N) is 1. The van der Waals surface area contributed by atoms with Gasteiger partial charge in [0.2, 0.25) is 0 Å². The summed E-state index contributed by atoms with van der Waals surface area (Å²) in [7, 11) is 1.40.